The number of nitrogens with zero attached hydrogens (tertiary/aromatic N) is 3. The van der Waals surface area contributed by atoms with Crippen LogP contribution in [0.2, 0.25) is 0 Å². The summed E-state index contributed by atoms with van der Waals surface area (Å²) in [6.45, 7) is -0.261. The lowest BCUT2D eigenvalue weighted by Crippen LogP contribution is -2.17. The second-order valence-electron chi connectivity index (χ2n) is 7.60. The van der Waals surface area contributed by atoms with E-state index >= 15 is 0 Å². The van der Waals surface area contributed by atoms with Gasteiger partial charge >= 0.3 is 0 Å². The van der Waals surface area contributed by atoms with E-state index in [1.165, 1.54) is 24.3 Å². The summed E-state index contributed by atoms with van der Waals surface area (Å²) in [6.07, 6.45) is 2.30. The summed E-state index contributed by atoms with van der Waals surface area (Å²) in [5.41, 5.74) is 2.14. The maximum atomic E-state index is 13.9. The topological polar surface area (TPSA) is 98.8 Å². The van der Waals surface area contributed by atoms with Crippen LogP contribution in [0.5, 0.6) is 0 Å². The predicted molar refractivity (Wildman–Crippen MR) is 113 cm³/mol. The zero-order valence-electron chi connectivity index (χ0n) is 16.4. The summed E-state index contributed by atoms with van der Waals surface area (Å²) in [5, 5.41) is 24.0. The van der Waals surface area contributed by atoms with Gasteiger partial charge in [0, 0.05) is 29.1 Å². The van der Waals surface area contributed by atoms with Gasteiger partial charge < -0.3 is 15.7 Å². The van der Waals surface area contributed by atoms with Crippen molar-refractivity contribution >= 4 is 28.5 Å². The molecule has 0 spiro atoms. The fourth-order valence-electron chi connectivity index (χ4n) is 3.47. The van der Waals surface area contributed by atoms with Crippen LogP contribution in [-0.4, -0.2) is 31.9 Å². The Morgan fingerprint density at radius 2 is 1.81 bits per heavy atom. The fourth-order valence-corrected chi connectivity index (χ4v) is 3.47. The van der Waals surface area contributed by atoms with Crippen molar-refractivity contribution in [2.24, 2.45) is 0 Å². The standard InChI is InChI=1S/C22H20F2N6O/c23-14-5-3-13(4-6-14)19(11-31)26-22-25-18-9-15(24)7-8-16(18)21(28-22)27-20-10-17(29-30-20)12-1-2-12/h3-10,12,19,31H,1-2,11H2,(H3,25,26,27,28,29,30)/t19-/m0/s1. The van der Waals surface area contributed by atoms with Crippen LogP contribution in [0.4, 0.5) is 26.4 Å². The summed E-state index contributed by atoms with van der Waals surface area (Å²) in [7, 11) is 0. The number of anilines is 3. The summed E-state index contributed by atoms with van der Waals surface area (Å²) in [4.78, 5) is 8.93. The first kappa shape index (κ1) is 19.4. The van der Waals surface area contributed by atoms with Gasteiger partial charge in [-0.25, -0.2) is 13.8 Å². The highest BCUT2D eigenvalue weighted by molar-refractivity contribution is 5.91. The second-order valence-corrected chi connectivity index (χ2v) is 7.60. The Bertz CT molecular complexity index is 1220. The monoisotopic (exact) mass is 422 g/mol. The molecule has 9 heteroatoms. The van der Waals surface area contributed by atoms with Gasteiger partial charge in [0.15, 0.2) is 5.82 Å². The molecule has 1 aliphatic carbocycles. The number of nitrogens with one attached hydrogen (secondary N) is 3. The number of hydrogen-bond acceptors (Lipinski definition) is 6. The maximum Gasteiger partial charge on any atom is 0.225 e. The van der Waals surface area contributed by atoms with Gasteiger partial charge in [0.05, 0.1) is 18.2 Å². The molecule has 4 aromatic rings. The Morgan fingerprint density at radius 3 is 2.55 bits per heavy atom. The summed E-state index contributed by atoms with van der Waals surface area (Å²) < 4.78 is 27.1. The summed E-state index contributed by atoms with van der Waals surface area (Å²) >= 11 is 0. The Kier molecular flexibility index (Phi) is 4.95. The zero-order valence-corrected chi connectivity index (χ0v) is 16.4. The second kappa shape index (κ2) is 7.92. The number of hydrogen-bond donors (Lipinski definition) is 4. The number of aromatic amines is 1. The third-order valence-corrected chi connectivity index (χ3v) is 5.28. The van der Waals surface area contributed by atoms with Crippen molar-refractivity contribution in [1.82, 2.24) is 20.2 Å². The normalized spacial score (nSPS) is 14.5. The minimum absolute atomic E-state index is 0.196. The molecule has 2 heterocycles. The van der Waals surface area contributed by atoms with Crippen molar-refractivity contribution in [2.45, 2.75) is 24.8 Å². The number of aliphatic hydroxyl groups excluding tert-OH is 1. The molecule has 7 nitrogen and oxygen atoms in total. The zero-order chi connectivity index (χ0) is 21.4. The lowest BCUT2D eigenvalue weighted by Gasteiger charge is -2.18. The molecule has 1 saturated carbocycles. The first-order chi connectivity index (χ1) is 15.1. The van der Waals surface area contributed by atoms with E-state index in [4.69, 9.17) is 0 Å². The molecule has 0 bridgehead atoms. The fraction of sp³-hybridized carbons (Fsp3) is 0.227. The van der Waals surface area contributed by atoms with Crippen LogP contribution in [0.3, 0.4) is 0 Å². The summed E-state index contributed by atoms with van der Waals surface area (Å²) in [6, 6.07) is 11.4. The van der Waals surface area contributed by atoms with Crippen molar-refractivity contribution in [1.29, 1.82) is 0 Å². The largest absolute Gasteiger partial charge is 0.394 e. The Morgan fingerprint density at radius 1 is 1.03 bits per heavy atom. The van der Waals surface area contributed by atoms with Crippen molar-refractivity contribution in [2.75, 3.05) is 17.2 Å². The van der Waals surface area contributed by atoms with Crippen LogP contribution >= 0.6 is 0 Å². The van der Waals surface area contributed by atoms with Crippen molar-refractivity contribution in [3.8, 4) is 0 Å². The van der Waals surface area contributed by atoms with E-state index in [2.05, 4.69) is 30.8 Å². The van der Waals surface area contributed by atoms with Crippen LogP contribution in [0, 0.1) is 11.6 Å². The van der Waals surface area contributed by atoms with Crippen LogP contribution in [-0.2, 0) is 0 Å². The average Bonchev–Trinajstić information content (AvgIpc) is 3.51. The van der Waals surface area contributed by atoms with E-state index in [9.17, 15) is 13.9 Å². The smallest absolute Gasteiger partial charge is 0.225 e. The molecule has 0 unspecified atom stereocenters. The highest BCUT2D eigenvalue weighted by Crippen LogP contribution is 2.40. The number of benzene rings is 2. The summed E-state index contributed by atoms with van der Waals surface area (Å²) in [5.74, 6) is 0.996. The van der Waals surface area contributed by atoms with Crippen molar-refractivity contribution in [3.63, 3.8) is 0 Å². The van der Waals surface area contributed by atoms with Gasteiger partial charge in [-0.2, -0.15) is 10.1 Å². The van der Waals surface area contributed by atoms with Crippen LogP contribution in [0.1, 0.15) is 36.1 Å². The van der Waals surface area contributed by atoms with Crippen LogP contribution < -0.4 is 10.6 Å². The van der Waals surface area contributed by atoms with Crippen LogP contribution in [0.15, 0.2) is 48.5 Å². The quantitative estimate of drug-likeness (QED) is 0.352. The lowest BCUT2D eigenvalue weighted by molar-refractivity contribution is 0.276. The van der Waals surface area contributed by atoms with E-state index in [1.807, 2.05) is 6.07 Å². The molecule has 31 heavy (non-hydrogen) atoms. The van der Waals surface area contributed by atoms with E-state index in [-0.39, 0.29) is 18.4 Å². The highest BCUT2D eigenvalue weighted by Gasteiger charge is 2.25. The molecule has 1 aliphatic rings. The first-order valence-corrected chi connectivity index (χ1v) is 10.0. The number of H-pyrrole nitrogens is 1. The average molecular weight is 422 g/mol. The van der Waals surface area contributed by atoms with Gasteiger partial charge in [-0.3, -0.25) is 5.10 Å². The number of fused-ring (bicyclic) bond motifs is 1. The molecule has 2 aromatic heterocycles. The van der Waals surface area contributed by atoms with Gasteiger partial charge in [0.1, 0.15) is 17.5 Å². The van der Waals surface area contributed by atoms with Crippen molar-refractivity contribution in [3.05, 3.63) is 71.4 Å². The molecule has 0 aliphatic heterocycles. The molecule has 158 valence electrons. The molecule has 4 N–H and O–H groups in total. The molecule has 2 aromatic carbocycles. The Labute approximate surface area is 176 Å². The Balaban J connectivity index is 1.49. The third-order valence-electron chi connectivity index (χ3n) is 5.28. The van der Waals surface area contributed by atoms with E-state index in [1.54, 1.807) is 18.2 Å². The predicted octanol–water partition coefficient (Wildman–Crippen LogP) is 4.40. The number of rotatable bonds is 7. The minimum atomic E-state index is -0.564. The number of aromatic nitrogens is 4. The number of aliphatic hydroxyl groups is 1. The van der Waals surface area contributed by atoms with Gasteiger partial charge in [-0.15, -0.1) is 0 Å². The van der Waals surface area contributed by atoms with Gasteiger partial charge in [0.2, 0.25) is 5.95 Å². The molecule has 5 rings (SSSR count). The van der Waals surface area contributed by atoms with Gasteiger partial charge in [-0.1, -0.05) is 12.1 Å². The molecule has 0 saturated heterocycles. The molecule has 0 amide bonds. The lowest BCUT2D eigenvalue weighted by atomic mass is 10.1. The molecular formula is C22H20F2N6O. The molecular weight excluding hydrogens is 402 g/mol. The first-order valence-electron chi connectivity index (χ1n) is 10.0. The van der Waals surface area contributed by atoms with E-state index in [0.717, 1.165) is 18.5 Å². The maximum absolute atomic E-state index is 13.9. The molecule has 1 fully saturated rings. The Hall–Kier alpha value is -3.59. The van der Waals surface area contributed by atoms with Gasteiger partial charge in [-0.05, 0) is 42.7 Å². The van der Waals surface area contributed by atoms with Crippen molar-refractivity contribution < 1.29 is 13.9 Å². The third kappa shape index (κ3) is 4.17. The SMILES string of the molecule is OC[C@H](Nc1nc(Nc2cc(C3CC3)[nH]n2)c2ccc(F)cc2n1)c1ccc(F)cc1. The van der Waals surface area contributed by atoms with Gasteiger partial charge in [0.25, 0.3) is 0 Å². The number of halogens is 2. The highest BCUT2D eigenvalue weighted by atomic mass is 19.1. The van der Waals surface area contributed by atoms with E-state index < -0.39 is 11.9 Å². The van der Waals surface area contributed by atoms with E-state index in [0.29, 0.717) is 34.0 Å². The molecule has 1 atom stereocenters. The minimum Gasteiger partial charge on any atom is -0.394 e. The molecule has 0 radical (unpaired) electrons. The van der Waals surface area contributed by atoms with Crippen LogP contribution in [0.25, 0.3) is 10.9 Å².